The average molecular weight is 223 g/mol. The first-order chi connectivity index (χ1) is 6.27. The molecule has 0 heterocycles. The van der Waals surface area contributed by atoms with E-state index in [1.165, 1.54) is 0 Å². The number of hydrogen-bond donors (Lipinski definition) is 1. The average Bonchev–Trinajstić information content (AvgIpc) is 2.09. The fraction of sp³-hybridized carbons (Fsp3) is 1.00. The third kappa shape index (κ3) is 11.9. The summed E-state index contributed by atoms with van der Waals surface area (Å²) in [6.45, 7) is 1.10. The van der Waals surface area contributed by atoms with Gasteiger partial charge in [-0.1, -0.05) is 18.0 Å². The molecule has 0 aromatic carbocycles. The first-order valence-electron chi connectivity index (χ1n) is 4.14. The SMILES string of the molecule is [N-]=[N+]=NCCCCCCO[PH](O)=S. The Balaban J connectivity index is 2.99. The van der Waals surface area contributed by atoms with E-state index < -0.39 is 7.15 Å². The molecule has 0 aliphatic heterocycles. The lowest BCUT2D eigenvalue weighted by atomic mass is 10.2. The molecule has 76 valence electrons. The van der Waals surface area contributed by atoms with Gasteiger partial charge in [-0.05, 0) is 30.2 Å². The summed E-state index contributed by atoms with van der Waals surface area (Å²) in [5.74, 6) is 0. The van der Waals surface area contributed by atoms with Crippen LogP contribution in [0.25, 0.3) is 10.4 Å². The molecule has 0 rings (SSSR count). The molecule has 0 fully saturated rings. The topological polar surface area (TPSA) is 78.2 Å². The van der Waals surface area contributed by atoms with Gasteiger partial charge >= 0.3 is 0 Å². The summed E-state index contributed by atoms with van der Waals surface area (Å²) in [5, 5.41) is 3.42. The lowest BCUT2D eigenvalue weighted by Gasteiger charge is -2.00. The molecule has 0 saturated carbocycles. The van der Waals surface area contributed by atoms with Crippen molar-refractivity contribution < 1.29 is 9.42 Å². The van der Waals surface area contributed by atoms with Crippen LogP contribution < -0.4 is 0 Å². The highest BCUT2D eigenvalue weighted by Gasteiger charge is 1.90. The molecule has 0 spiro atoms. The summed E-state index contributed by atoms with van der Waals surface area (Å²) in [4.78, 5) is 11.3. The zero-order valence-electron chi connectivity index (χ0n) is 7.35. The Bertz CT molecular complexity index is 190. The van der Waals surface area contributed by atoms with Gasteiger partial charge < -0.3 is 9.42 Å². The molecular weight excluding hydrogens is 209 g/mol. The summed E-state index contributed by atoms with van der Waals surface area (Å²) in [6, 6.07) is 0. The van der Waals surface area contributed by atoms with Gasteiger partial charge in [0.15, 0.2) is 7.15 Å². The summed E-state index contributed by atoms with van der Waals surface area (Å²) >= 11 is 4.49. The number of hydrogen-bond acceptors (Lipinski definition) is 3. The summed E-state index contributed by atoms with van der Waals surface area (Å²) in [7, 11) is -1.92. The monoisotopic (exact) mass is 223 g/mol. The minimum Gasteiger partial charge on any atom is -0.347 e. The van der Waals surface area contributed by atoms with Gasteiger partial charge in [0.25, 0.3) is 0 Å². The van der Waals surface area contributed by atoms with Crippen LogP contribution >= 0.6 is 7.15 Å². The van der Waals surface area contributed by atoms with Gasteiger partial charge in [0, 0.05) is 11.5 Å². The van der Waals surface area contributed by atoms with Gasteiger partial charge in [-0.2, -0.15) is 0 Å². The van der Waals surface area contributed by atoms with Gasteiger partial charge in [-0.15, -0.1) is 0 Å². The second kappa shape index (κ2) is 9.96. The van der Waals surface area contributed by atoms with Gasteiger partial charge in [-0.3, -0.25) is 0 Å². The van der Waals surface area contributed by atoms with E-state index in [1.54, 1.807) is 0 Å². The minimum absolute atomic E-state index is 0.538. The van der Waals surface area contributed by atoms with E-state index in [9.17, 15) is 0 Å². The van der Waals surface area contributed by atoms with Crippen LogP contribution in [-0.4, -0.2) is 18.0 Å². The molecular formula is C6H14N3O2PS. The van der Waals surface area contributed by atoms with Crippen molar-refractivity contribution in [2.24, 2.45) is 5.11 Å². The molecule has 5 nitrogen and oxygen atoms in total. The fourth-order valence-electron chi connectivity index (χ4n) is 0.842. The highest BCUT2D eigenvalue weighted by Crippen LogP contribution is 2.15. The second-order valence-electron chi connectivity index (χ2n) is 2.48. The second-order valence-corrected chi connectivity index (χ2v) is 4.35. The lowest BCUT2D eigenvalue weighted by molar-refractivity contribution is 0.312. The van der Waals surface area contributed by atoms with Crippen molar-refractivity contribution >= 4 is 19.0 Å². The number of unbranched alkanes of at least 4 members (excludes halogenated alkanes) is 3. The van der Waals surface area contributed by atoms with Gasteiger partial charge in [0.2, 0.25) is 0 Å². The third-order valence-corrected chi connectivity index (χ3v) is 2.25. The summed E-state index contributed by atoms with van der Waals surface area (Å²) in [5.41, 5.74) is 7.97. The molecule has 0 saturated heterocycles. The van der Waals surface area contributed by atoms with Crippen LogP contribution in [0.1, 0.15) is 25.7 Å². The van der Waals surface area contributed by atoms with E-state index in [4.69, 9.17) is 14.9 Å². The smallest absolute Gasteiger partial charge is 0.173 e. The number of nitrogens with zero attached hydrogens (tertiary/aromatic N) is 3. The molecule has 0 amide bonds. The molecule has 0 aromatic rings. The molecule has 0 radical (unpaired) electrons. The van der Waals surface area contributed by atoms with Crippen molar-refractivity contribution in [3.8, 4) is 0 Å². The molecule has 0 aromatic heterocycles. The standard InChI is InChI=1S/C6H14N3O2PS/c7-9-8-5-3-1-2-4-6-11-12(10)13/h12H,1-6H2,(H,10,13). The van der Waals surface area contributed by atoms with Crippen LogP contribution in [0.3, 0.4) is 0 Å². The van der Waals surface area contributed by atoms with Crippen LogP contribution in [-0.2, 0) is 16.3 Å². The maximum Gasteiger partial charge on any atom is 0.173 e. The van der Waals surface area contributed by atoms with Crippen LogP contribution in [0.2, 0.25) is 0 Å². The predicted molar refractivity (Wildman–Crippen MR) is 56.3 cm³/mol. The predicted octanol–water partition coefficient (Wildman–Crippen LogP) is 2.37. The highest BCUT2D eigenvalue weighted by molar-refractivity contribution is 8.00. The Morgan fingerprint density at radius 2 is 2.08 bits per heavy atom. The van der Waals surface area contributed by atoms with Crippen molar-refractivity contribution in [1.82, 2.24) is 0 Å². The van der Waals surface area contributed by atoms with Crippen molar-refractivity contribution in [3.63, 3.8) is 0 Å². The van der Waals surface area contributed by atoms with Gasteiger partial charge in [0.05, 0.1) is 6.61 Å². The van der Waals surface area contributed by atoms with E-state index in [0.29, 0.717) is 13.2 Å². The first-order valence-corrected chi connectivity index (χ1v) is 6.63. The van der Waals surface area contributed by atoms with Gasteiger partial charge in [-0.25, -0.2) is 0 Å². The van der Waals surface area contributed by atoms with Crippen LogP contribution in [0.4, 0.5) is 0 Å². The molecule has 1 N–H and O–H groups in total. The molecule has 7 heteroatoms. The zero-order chi connectivity index (χ0) is 9.94. The Kier molecular flexibility index (Phi) is 9.87. The van der Waals surface area contributed by atoms with Crippen LogP contribution in [0.15, 0.2) is 5.11 Å². The van der Waals surface area contributed by atoms with Crippen molar-refractivity contribution in [2.45, 2.75) is 25.7 Å². The Morgan fingerprint density at radius 1 is 1.38 bits per heavy atom. The van der Waals surface area contributed by atoms with Gasteiger partial charge in [0.1, 0.15) is 0 Å². The maximum atomic E-state index is 8.66. The summed E-state index contributed by atoms with van der Waals surface area (Å²) < 4.78 is 4.86. The Morgan fingerprint density at radius 3 is 2.69 bits per heavy atom. The molecule has 0 bridgehead atoms. The van der Waals surface area contributed by atoms with E-state index in [0.717, 1.165) is 25.7 Å². The molecule has 0 aliphatic carbocycles. The van der Waals surface area contributed by atoms with E-state index in [-0.39, 0.29) is 0 Å². The van der Waals surface area contributed by atoms with Crippen LogP contribution in [0, 0.1) is 0 Å². The largest absolute Gasteiger partial charge is 0.347 e. The van der Waals surface area contributed by atoms with Crippen molar-refractivity contribution in [3.05, 3.63) is 10.4 Å². The van der Waals surface area contributed by atoms with Crippen molar-refractivity contribution in [2.75, 3.05) is 13.2 Å². The lowest BCUT2D eigenvalue weighted by Crippen LogP contribution is -1.87. The van der Waals surface area contributed by atoms with E-state index >= 15 is 0 Å². The maximum absolute atomic E-state index is 8.66. The fourth-order valence-corrected chi connectivity index (χ4v) is 1.41. The normalized spacial score (nSPS) is 12.1. The van der Waals surface area contributed by atoms with E-state index in [1.807, 2.05) is 0 Å². The molecule has 1 atom stereocenters. The number of rotatable bonds is 8. The van der Waals surface area contributed by atoms with E-state index in [2.05, 4.69) is 21.8 Å². The Labute approximate surface area is 83.3 Å². The Hall–Kier alpha value is -0.120. The third-order valence-electron chi connectivity index (χ3n) is 1.44. The first kappa shape index (κ1) is 12.9. The van der Waals surface area contributed by atoms with Crippen LogP contribution in [0.5, 0.6) is 0 Å². The summed E-state index contributed by atoms with van der Waals surface area (Å²) in [6.07, 6.45) is 3.86. The molecule has 13 heavy (non-hydrogen) atoms. The van der Waals surface area contributed by atoms with Crippen molar-refractivity contribution in [1.29, 1.82) is 0 Å². The number of azide groups is 1. The zero-order valence-corrected chi connectivity index (χ0v) is 9.16. The quantitative estimate of drug-likeness (QED) is 0.225. The highest BCUT2D eigenvalue weighted by atomic mass is 32.4. The minimum atomic E-state index is -1.92. The molecule has 0 aliphatic rings. The molecule has 1 unspecified atom stereocenters.